The second-order valence-electron chi connectivity index (χ2n) is 8.79. The number of para-hydroxylation sites is 2. The fourth-order valence-corrected chi connectivity index (χ4v) is 6.05. The molecule has 3 aromatic carbocycles. The molecular formula is C25H22F4N2O5S. The smallest absolute Gasteiger partial charge is 0.453 e. The van der Waals surface area contributed by atoms with Crippen molar-refractivity contribution in [2.45, 2.75) is 48.7 Å². The summed E-state index contributed by atoms with van der Waals surface area (Å²) in [6.45, 7) is 0. The average Bonchev–Trinajstić information content (AvgIpc) is 2.83. The van der Waals surface area contributed by atoms with Crippen molar-refractivity contribution in [3.63, 3.8) is 0 Å². The molecule has 2 N–H and O–H groups in total. The number of fused-ring (bicyclic) bond motifs is 2. The first-order valence-corrected chi connectivity index (χ1v) is 12.9. The predicted octanol–water partition coefficient (Wildman–Crippen LogP) is 5.23. The number of nitrogens with zero attached hydrogens (tertiary/aromatic N) is 1. The highest BCUT2D eigenvalue weighted by molar-refractivity contribution is 7.89. The van der Waals surface area contributed by atoms with Crippen LogP contribution in [0.4, 0.5) is 28.9 Å². The number of alkyl halides is 3. The largest absolute Gasteiger partial charge is 0.573 e. The van der Waals surface area contributed by atoms with Crippen molar-refractivity contribution in [2.24, 2.45) is 0 Å². The van der Waals surface area contributed by atoms with Crippen LogP contribution >= 0.6 is 0 Å². The fourth-order valence-electron chi connectivity index (χ4n) is 4.77. The molecule has 2 aliphatic rings. The third-order valence-electron chi connectivity index (χ3n) is 6.35. The monoisotopic (exact) mass is 538 g/mol. The van der Waals surface area contributed by atoms with Crippen molar-refractivity contribution in [3.8, 4) is 17.2 Å². The van der Waals surface area contributed by atoms with E-state index >= 15 is 0 Å². The zero-order valence-electron chi connectivity index (χ0n) is 19.2. The summed E-state index contributed by atoms with van der Waals surface area (Å²) in [5.41, 5.74) is 1.01. The maximum absolute atomic E-state index is 14.2. The number of rotatable bonds is 5. The molecule has 0 saturated heterocycles. The summed E-state index contributed by atoms with van der Waals surface area (Å²) in [5, 5.41) is 11.3. The van der Waals surface area contributed by atoms with Gasteiger partial charge < -0.3 is 19.5 Å². The van der Waals surface area contributed by atoms with E-state index in [-0.39, 0.29) is 4.90 Å². The molecule has 1 heterocycles. The summed E-state index contributed by atoms with van der Waals surface area (Å²) in [7, 11) is -4.19. The zero-order valence-corrected chi connectivity index (χ0v) is 20.0. The fraction of sp³-hybridized carbons (Fsp3) is 0.280. The third-order valence-corrected chi connectivity index (χ3v) is 7.86. The summed E-state index contributed by atoms with van der Waals surface area (Å²) in [4.78, 5) is 1.49. The van der Waals surface area contributed by atoms with Gasteiger partial charge in [0.05, 0.1) is 34.5 Å². The van der Waals surface area contributed by atoms with E-state index in [9.17, 15) is 31.1 Å². The van der Waals surface area contributed by atoms with Gasteiger partial charge in [-0.25, -0.2) is 17.5 Å². The van der Waals surface area contributed by atoms with Crippen LogP contribution < -0.4 is 19.1 Å². The lowest BCUT2D eigenvalue weighted by atomic mass is 9.86. The van der Waals surface area contributed by atoms with E-state index in [0.29, 0.717) is 42.1 Å². The van der Waals surface area contributed by atoms with E-state index in [1.165, 1.54) is 18.2 Å². The molecule has 1 saturated carbocycles. The number of aliphatic hydroxyl groups is 1. The molecule has 0 spiro atoms. The molecule has 1 fully saturated rings. The predicted molar refractivity (Wildman–Crippen MR) is 126 cm³/mol. The molecule has 1 aliphatic carbocycles. The summed E-state index contributed by atoms with van der Waals surface area (Å²) < 4.78 is 89.6. The molecule has 196 valence electrons. The molecule has 12 heteroatoms. The van der Waals surface area contributed by atoms with E-state index in [0.717, 1.165) is 24.3 Å². The van der Waals surface area contributed by atoms with Crippen molar-refractivity contribution in [1.29, 1.82) is 0 Å². The van der Waals surface area contributed by atoms with Gasteiger partial charge in [-0.1, -0.05) is 12.1 Å². The first-order chi connectivity index (χ1) is 17.5. The van der Waals surface area contributed by atoms with Crippen molar-refractivity contribution < 1.29 is 40.6 Å². The summed E-state index contributed by atoms with van der Waals surface area (Å²) in [5.74, 6) is -0.137. The summed E-state index contributed by atoms with van der Waals surface area (Å²) in [6, 6.07) is 13.4. The average molecular weight is 539 g/mol. The number of aliphatic hydroxyl groups excluding tert-OH is 1. The van der Waals surface area contributed by atoms with Crippen molar-refractivity contribution in [1.82, 2.24) is 4.72 Å². The van der Waals surface area contributed by atoms with Gasteiger partial charge in [-0.2, -0.15) is 0 Å². The Balaban J connectivity index is 1.41. The molecule has 0 aromatic heterocycles. The van der Waals surface area contributed by atoms with Crippen molar-refractivity contribution in [2.75, 3.05) is 4.90 Å². The van der Waals surface area contributed by atoms with Crippen molar-refractivity contribution >= 4 is 21.4 Å². The Morgan fingerprint density at radius 1 is 0.973 bits per heavy atom. The van der Waals surface area contributed by atoms with E-state index in [2.05, 4.69) is 9.46 Å². The first kappa shape index (κ1) is 25.3. The van der Waals surface area contributed by atoms with Crippen LogP contribution in [0.3, 0.4) is 0 Å². The minimum Gasteiger partial charge on any atom is -0.453 e. The van der Waals surface area contributed by atoms with Crippen LogP contribution in [0.5, 0.6) is 17.2 Å². The lowest BCUT2D eigenvalue weighted by molar-refractivity contribution is -0.274. The lowest BCUT2D eigenvalue weighted by Gasteiger charge is -2.44. The Bertz CT molecular complexity index is 1400. The Hall–Kier alpha value is -3.35. The van der Waals surface area contributed by atoms with E-state index < -0.39 is 46.1 Å². The second kappa shape index (κ2) is 9.51. The van der Waals surface area contributed by atoms with E-state index in [4.69, 9.17) is 4.74 Å². The Kier molecular flexibility index (Phi) is 6.50. The van der Waals surface area contributed by atoms with Gasteiger partial charge in [0.1, 0.15) is 11.6 Å². The van der Waals surface area contributed by atoms with Gasteiger partial charge in [0.25, 0.3) is 0 Å². The topological polar surface area (TPSA) is 88.1 Å². The highest BCUT2D eigenvalue weighted by Gasteiger charge is 2.41. The minimum atomic E-state index is -4.90. The number of nitrogens with one attached hydrogen (secondary N) is 1. The van der Waals surface area contributed by atoms with E-state index in [1.807, 2.05) is 0 Å². The molecule has 3 atom stereocenters. The van der Waals surface area contributed by atoms with Gasteiger partial charge in [0.15, 0.2) is 11.5 Å². The van der Waals surface area contributed by atoms with Gasteiger partial charge in [-0.15, -0.1) is 13.2 Å². The number of halogens is 4. The van der Waals surface area contributed by atoms with Crippen LogP contribution in [0.25, 0.3) is 0 Å². The molecule has 0 unspecified atom stereocenters. The van der Waals surface area contributed by atoms with Gasteiger partial charge in [0.2, 0.25) is 10.0 Å². The number of benzene rings is 3. The number of ether oxygens (including phenoxy) is 2. The Labute approximate surface area is 210 Å². The standard InChI is InChI=1S/C25H22F4N2O5S/c26-15-8-13-23-21(14-15)31(19-5-1-2-7-22(19)35-23)20-6-3-4-18(24(20)32)30-37(33,34)17-11-9-16(10-12-17)36-25(27,28)29/h1-2,5,7-14,18,20,24,30,32H,3-4,6H2/t18-,20+,24+/m0/s1. The number of hydrogen-bond acceptors (Lipinski definition) is 6. The molecule has 3 aromatic rings. The normalized spacial score (nSPS) is 21.5. The van der Waals surface area contributed by atoms with Crippen LogP contribution in [-0.2, 0) is 10.0 Å². The quantitative estimate of drug-likeness (QED) is 0.433. The maximum Gasteiger partial charge on any atom is 0.573 e. The zero-order chi connectivity index (χ0) is 26.4. The Morgan fingerprint density at radius 2 is 1.68 bits per heavy atom. The number of hydrogen-bond donors (Lipinski definition) is 2. The minimum absolute atomic E-state index is 0.277. The van der Waals surface area contributed by atoms with Gasteiger partial charge in [0, 0.05) is 6.07 Å². The van der Waals surface area contributed by atoms with Crippen LogP contribution in [0.2, 0.25) is 0 Å². The Morgan fingerprint density at radius 3 is 2.41 bits per heavy atom. The molecular weight excluding hydrogens is 516 g/mol. The number of anilines is 2. The number of sulfonamides is 1. The SMILES string of the molecule is O=S(=O)(N[C@H]1CCC[C@@H](N2c3ccccc3Oc3ccc(F)cc32)[C@@H]1O)c1ccc(OC(F)(F)F)cc1. The highest BCUT2D eigenvalue weighted by atomic mass is 32.2. The second-order valence-corrected chi connectivity index (χ2v) is 10.5. The molecule has 5 rings (SSSR count). The summed E-state index contributed by atoms with van der Waals surface area (Å²) in [6.07, 6.45) is -4.73. The molecule has 0 bridgehead atoms. The summed E-state index contributed by atoms with van der Waals surface area (Å²) >= 11 is 0. The third kappa shape index (κ3) is 5.22. The van der Waals surface area contributed by atoms with Gasteiger partial charge in [-0.3, -0.25) is 0 Å². The molecule has 37 heavy (non-hydrogen) atoms. The van der Waals surface area contributed by atoms with Gasteiger partial charge in [-0.05, 0) is 67.8 Å². The van der Waals surface area contributed by atoms with Gasteiger partial charge >= 0.3 is 6.36 Å². The molecule has 0 amide bonds. The first-order valence-electron chi connectivity index (χ1n) is 11.4. The molecule has 0 radical (unpaired) electrons. The van der Waals surface area contributed by atoms with Crippen LogP contribution in [-0.4, -0.2) is 38.1 Å². The van der Waals surface area contributed by atoms with E-state index in [1.54, 1.807) is 29.2 Å². The van der Waals surface area contributed by atoms with Crippen LogP contribution in [0.1, 0.15) is 19.3 Å². The maximum atomic E-state index is 14.2. The van der Waals surface area contributed by atoms with Crippen LogP contribution in [0, 0.1) is 5.82 Å². The lowest BCUT2D eigenvalue weighted by Crippen LogP contribution is -2.56. The van der Waals surface area contributed by atoms with Crippen LogP contribution in [0.15, 0.2) is 71.6 Å². The molecule has 7 nitrogen and oxygen atoms in total. The highest BCUT2D eigenvalue weighted by Crippen LogP contribution is 2.49. The van der Waals surface area contributed by atoms with Crippen molar-refractivity contribution in [3.05, 3.63) is 72.5 Å². The molecule has 1 aliphatic heterocycles.